The summed E-state index contributed by atoms with van der Waals surface area (Å²) < 4.78 is 20.7. The number of esters is 1. The van der Waals surface area contributed by atoms with Gasteiger partial charge in [0, 0.05) is 5.56 Å². The van der Waals surface area contributed by atoms with Crippen molar-refractivity contribution in [2.75, 3.05) is 26.6 Å². The maximum Gasteiger partial charge on any atom is 0.358 e. The number of anilines is 1. The van der Waals surface area contributed by atoms with Gasteiger partial charge >= 0.3 is 5.97 Å². The van der Waals surface area contributed by atoms with Gasteiger partial charge in [0.1, 0.15) is 16.6 Å². The number of aromatic nitrogens is 2. The van der Waals surface area contributed by atoms with E-state index in [2.05, 4.69) is 15.3 Å². The van der Waals surface area contributed by atoms with Crippen molar-refractivity contribution < 1.29 is 23.4 Å². The third kappa shape index (κ3) is 4.01. The molecule has 0 atom stereocenters. The van der Waals surface area contributed by atoms with Crippen LogP contribution < -0.4 is 14.8 Å². The Bertz CT molecular complexity index is 976. The number of carbonyl (C=O) groups is 1. The smallest absolute Gasteiger partial charge is 0.358 e. The van der Waals surface area contributed by atoms with Gasteiger partial charge in [0.2, 0.25) is 0 Å². The molecule has 0 aliphatic heterocycles. The van der Waals surface area contributed by atoms with Gasteiger partial charge in [-0.3, -0.25) is 0 Å². The first-order valence-electron chi connectivity index (χ1n) is 8.21. The highest BCUT2D eigenvalue weighted by Gasteiger charge is 2.21. The Labute approximate surface area is 166 Å². The highest BCUT2D eigenvalue weighted by molar-refractivity contribution is 6.35. The summed E-state index contributed by atoms with van der Waals surface area (Å²) in [5.74, 6) is 1.62. The number of hydrogen-bond donors (Lipinski definition) is 1. The van der Waals surface area contributed by atoms with Crippen LogP contribution in [0, 0.1) is 0 Å². The SMILES string of the molecule is COC(=O)c1nc(-c2ccc(OC)c(OC)c2)nc(NCc2ccco2)c1Cl. The summed E-state index contributed by atoms with van der Waals surface area (Å²) in [6.07, 6.45) is 1.56. The van der Waals surface area contributed by atoms with Gasteiger partial charge in [0.15, 0.2) is 23.0 Å². The van der Waals surface area contributed by atoms with Crippen molar-refractivity contribution in [2.45, 2.75) is 6.54 Å². The van der Waals surface area contributed by atoms with E-state index in [1.54, 1.807) is 43.7 Å². The minimum absolute atomic E-state index is 0.0501. The number of rotatable bonds is 7. The van der Waals surface area contributed by atoms with E-state index in [-0.39, 0.29) is 22.4 Å². The van der Waals surface area contributed by atoms with E-state index in [0.29, 0.717) is 29.4 Å². The zero-order valence-corrected chi connectivity index (χ0v) is 16.2. The van der Waals surface area contributed by atoms with Gasteiger partial charge in [-0.1, -0.05) is 11.6 Å². The average molecular weight is 404 g/mol. The lowest BCUT2D eigenvalue weighted by molar-refractivity contribution is 0.0594. The van der Waals surface area contributed by atoms with Crippen LogP contribution in [-0.2, 0) is 11.3 Å². The summed E-state index contributed by atoms with van der Waals surface area (Å²) in [5.41, 5.74) is 0.561. The molecule has 0 aliphatic rings. The van der Waals surface area contributed by atoms with Gasteiger partial charge in [0.05, 0.1) is 34.1 Å². The summed E-state index contributed by atoms with van der Waals surface area (Å²) >= 11 is 6.32. The number of ether oxygens (including phenoxy) is 3. The molecule has 2 heterocycles. The standard InChI is InChI=1S/C19H18ClN3O5/c1-25-13-7-6-11(9-14(13)26-2)17-22-16(19(24)27-3)15(20)18(23-17)21-10-12-5-4-8-28-12/h4-9H,10H2,1-3H3,(H,21,22,23). The zero-order chi connectivity index (χ0) is 20.1. The second-order valence-corrected chi connectivity index (χ2v) is 5.93. The van der Waals surface area contributed by atoms with E-state index in [1.807, 2.05) is 0 Å². The molecule has 1 aromatic carbocycles. The zero-order valence-electron chi connectivity index (χ0n) is 15.5. The quantitative estimate of drug-likeness (QED) is 0.595. The molecular formula is C19H18ClN3O5. The van der Waals surface area contributed by atoms with Crippen LogP contribution in [0.4, 0.5) is 5.82 Å². The van der Waals surface area contributed by atoms with Crippen LogP contribution in [0.1, 0.15) is 16.2 Å². The first kappa shape index (κ1) is 19.5. The van der Waals surface area contributed by atoms with E-state index in [1.165, 1.54) is 14.2 Å². The van der Waals surface area contributed by atoms with Crippen LogP contribution in [0.2, 0.25) is 5.02 Å². The first-order chi connectivity index (χ1) is 13.6. The molecule has 0 saturated heterocycles. The molecule has 0 bridgehead atoms. The van der Waals surface area contributed by atoms with Gasteiger partial charge in [-0.2, -0.15) is 0 Å². The normalized spacial score (nSPS) is 10.4. The van der Waals surface area contributed by atoms with E-state index < -0.39 is 5.97 Å². The summed E-state index contributed by atoms with van der Waals surface area (Å²) in [5, 5.41) is 3.11. The molecule has 0 unspecified atom stereocenters. The molecule has 1 N–H and O–H groups in total. The third-order valence-corrected chi connectivity index (χ3v) is 4.24. The first-order valence-corrected chi connectivity index (χ1v) is 8.59. The van der Waals surface area contributed by atoms with Crippen molar-refractivity contribution in [1.29, 1.82) is 0 Å². The summed E-state index contributed by atoms with van der Waals surface area (Å²) in [7, 11) is 4.33. The highest BCUT2D eigenvalue weighted by atomic mass is 35.5. The predicted molar refractivity (Wildman–Crippen MR) is 103 cm³/mol. The number of carbonyl (C=O) groups excluding carboxylic acids is 1. The van der Waals surface area contributed by atoms with Gasteiger partial charge in [-0.25, -0.2) is 14.8 Å². The van der Waals surface area contributed by atoms with Crippen molar-refractivity contribution in [3.05, 3.63) is 53.1 Å². The summed E-state index contributed by atoms with van der Waals surface area (Å²) in [4.78, 5) is 20.9. The molecular weight excluding hydrogens is 386 g/mol. The fourth-order valence-corrected chi connectivity index (χ4v) is 2.71. The van der Waals surface area contributed by atoms with E-state index in [4.69, 9.17) is 30.2 Å². The number of nitrogens with zero attached hydrogens (tertiary/aromatic N) is 2. The third-order valence-electron chi connectivity index (χ3n) is 3.88. The Balaban J connectivity index is 2.05. The minimum atomic E-state index is -0.671. The van der Waals surface area contributed by atoms with Crippen molar-refractivity contribution in [3.63, 3.8) is 0 Å². The Kier molecular flexibility index (Phi) is 6.00. The van der Waals surface area contributed by atoms with Gasteiger partial charge in [0.25, 0.3) is 0 Å². The maximum absolute atomic E-state index is 12.1. The molecule has 3 aromatic rings. The largest absolute Gasteiger partial charge is 0.493 e. The topological polar surface area (TPSA) is 95.7 Å². The average Bonchev–Trinajstić information content (AvgIpc) is 3.25. The molecule has 28 heavy (non-hydrogen) atoms. The number of furan rings is 1. The van der Waals surface area contributed by atoms with E-state index >= 15 is 0 Å². The molecule has 0 fully saturated rings. The molecule has 9 heteroatoms. The highest BCUT2D eigenvalue weighted by Crippen LogP contribution is 2.33. The molecule has 146 valence electrons. The number of benzene rings is 1. The molecule has 0 amide bonds. The van der Waals surface area contributed by atoms with Crippen molar-refractivity contribution in [1.82, 2.24) is 9.97 Å². The van der Waals surface area contributed by atoms with Crippen LogP contribution in [0.15, 0.2) is 41.0 Å². The van der Waals surface area contributed by atoms with Crippen LogP contribution in [0.5, 0.6) is 11.5 Å². The second kappa shape index (κ2) is 8.62. The van der Waals surface area contributed by atoms with Crippen molar-refractivity contribution >= 4 is 23.4 Å². The van der Waals surface area contributed by atoms with Crippen LogP contribution in [0.3, 0.4) is 0 Å². The lowest BCUT2D eigenvalue weighted by atomic mass is 10.2. The maximum atomic E-state index is 12.1. The molecule has 0 spiro atoms. The summed E-state index contributed by atoms with van der Waals surface area (Å²) in [6, 6.07) is 8.76. The van der Waals surface area contributed by atoms with Crippen molar-refractivity contribution in [3.8, 4) is 22.9 Å². The van der Waals surface area contributed by atoms with Crippen LogP contribution in [0.25, 0.3) is 11.4 Å². The summed E-state index contributed by atoms with van der Waals surface area (Å²) in [6.45, 7) is 0.329. The monoisotopic (exact) mass is 403 g/mol. The lowest BCUT2D eigenvalue weighted by Gasteiger charge is -2.13. The number of hydrogen-bond acceptors (Lipinski definition) is 8. The van der Waals surface area contributed by atoms with Crippen molar-refractivity contribution in [2.24, 2.45) is 0 Å². The Morgan fingerprint density at radius 2 is 1.93 bits per heavy atom. The van der Waals surface area contributed by atoms with Gasteiger partial charge < -0.3 is 23.9 Å². The number of nitrogens with one attached hydrogen (secondary N) is 1. The fraction of sp³-hybridized carbons (Fsp3) is 0.211. The molecule has 8 nitrogen and oxygen atoms in total. The van der Waals surface area contributed by atoms with E-state index in [0.717, 1.165) is 0 Å². The molecule has 3 rings (SSSR count). The fourth-order valence-electron chi connectivity index (χ4n) is 2.48. The van der Waals surface area contributed by atoms with Crippen LogP contribution in [-0.4, -0.2) is 37.3 Å². The lowest BCUT2D eigenvalue weighted by Crippen LogP contribution is -2.11. The van der Waals surface area contributed by atoms with Crippen LogP contribution >= 0.6 is 11.6 Å². The number of halogens is 1. The van der Waals surface area contributed by atoms with Gasteiger partial charge in [-0.15, -0.1) is 0 Å². The number of methoxy groups -OCH3 is 3. The molecule has 0 saturated carbocycles. The van der Waals surface area contributed by atoms with E-state index in [9.17, 15) is 4.79 Å². The Hall–Kier alpha value is -3.26. The molecule has 0 radical (unpaired) electrons. The molecule has 0 aliphatic carbocycles. The Morgan fingerprint density at radius 1 is 1.14 bits per heavy atom. The Morgan fingerprint density at radius 3 is 2.57 bits per heavy atom. The minimum Gasteiger partial charge on any atom is -0.493 e. The van der Waals surface area contributed by atoms with Gasteiger partial charge in [-0.05, 0) is 30.3 Å². The molecule has 2 aromatic heterocycles. The predicted octanol–water partition coefficient (Wildman–Crippen LogP) is 3.81. The second-order valence-electron chi connectivity index (χ2n) is 5.55.